The Balaban J connectivity index is 2.25. The third-order valence-electron chi connectivity index (χ3n) is 3.05. The van der Waals surface area contributed by atoms with E-state index in [-0.39, 0.29) is 0 Å². The molecule has 0 bridgehead atoms. The smallest absolute Gasteiger partial charge is 0.132 e. The van der Waals surface area contributed by atoms with Crippen LogP contribution < -0.4 is 9.47 Å². The molecule has 0 saturated carbocycles. The van der Waals surface area contributed by atoms with Gasteiger partial charge in [-0.05, 0) is 38.1 Å². The van der Waals surface area contributed by atoms with Crippen LogP contribution >= 0.6 is 0 Å². The van der Waals surface area contributed by atoms with Crippen molar-refractivity contribution in [3.05, 3.63) is 53.3 Å². The van der Waals surface area contributed by atoms with Crippen LogP contribution in [0.1, 0.15) is 23.9 Å². The lowest BCUT2D eigenvalue weighted by atomic mass is 10.1. The summed E-state index contributed by atoms with van der Waals surface area (Å²) >= 11 is 0. The Morgan fingerprint density at radius 3 is 2.76 bits per heavy atom. The van der Waals surface area contributed by atoms with Gasteiger partial charge in [0.15, 0.2) is 0 Å². The maximum Gasteiger partial charge on any atom is 0.132 e. The van der Waals surface area contributed by atoms with Crippen molar-refractivity contribution < 1.29 is 14.7 Å². The molecule has 0 saturated heterocycles. The van der Waals surface area contributed by atoms with E-state index in [2.05, 4.69) is 10.1 Å². The Labute approximate surface area is 123 Å². The van der Waals surface area contributed by atoms with Crippen molar-refractivity contribution in [3.8, 4) is 11.5 Å². The van der Waals surface area contributed by atoms with E-state index < -0.39 is 0 Å². The molecule has 1 N–H and O–H groups in total. The standard InChI is InChI=1S/C16H18N2O3/c1-11-5-4-6-13(17-11)10-21-16-9-14(20-3)7-8-15(16)12(2)18-19/h4-9,19H,10H2,1-3H3/b18-12+. The van der Waals surface area contributed by atoms with Crippen molar-refractivity contribution in [2.45, 2.75) is 20.5 Å². The molecule has 0 fully saturated rings. The van der Waals surface area contributed by atoms with Gasteiger partial charge in [0, 0.05) is 17.3 Å². The molecule has 1 aromatic heterocycles. The van der Waals surface area contributed by atoms with Gasteiger partial charge in [0.2, 0.25) is 0 Å². The Morgan fingerprint density at radius 1 is 1.29 bits per heavy atom. The van der Waals surface area contributed by atoms with Crippen LogP contribution in [0.15, 0.2) is 41.6 Å². The summed E-state index contributed by atoms with van der Waals surface area (Å²) in [6, 6.07) is 11.1. The number of oxime groups is 1. The number of ether oxygens (including phenoxy) is 2. The molecule has 2 rings (SSSR count). The highest BCUT2D eigenvalue weighted by Crippen LogP contribution is 2.26. The van der Waals surface area contributed by atoms with Crippen molar-refractivity contribution in [2.75, 3.05) is 7.11 Å². The molecule has 0 spiro atoms. The van der Waals surface area contributed by atoms with Crippen LogP contribution in [0.4, 0.5) is 0 Å². The number of methoxy groups -OCH3 is 1. The lowest BCUT2D eigenvalue weighted by molar-refractivity contribution is 0.296. The largest absolute Gasteiger partial charge is 0.497 e. The molecule has 0 atom stereocenters. The summed E-state index contributed by atoms with van der Waals surface area (Å²) in [7, 11) is 1.59. The molecule has 0 aliphatic carbocycles. The molecule has 21 heavy (non-hydrogen) atoms. The molecule has 5 heteroatoms. The fourth-order valence-electron chi connectivity index (χ4n) is 1.93. The molecule has 2 aromatic rings. The van der Waals surface area contributed by atoms with Crippen molar-refractivity contribution >= 4 is 5.71 Å². The Bertz CT molecular complexity index is 654. The second kappa shape index (κ2) is 6.74. The Morgan fingerprint density at radius 2 is 2.10 bits per heavy atom. The van der Waals surface area contributed by atoms with Gasteiger partial charge in [0.1, 0.15) is 18.1 Å². The molecule has 110 valence electrons. The third kappa shape index (κ3) is 3.72. The van der Waals surface area contributed by atoms with E-state index in [1.165, 1.54) is 0 Å². The van der Waals surface area contributed by atoms with E-state index in [1.807, 2.05) is 25.1 Å². The summed E-state index contributed by atoms with van der Waals surface area (Å²) in [4.78, 5) is 4.39. The minimum Gasteiger partial charge on any atom is -0.497 e. The molecule has 1 heterocycles. The molecular formula is C16H18N2O3. The van der Waals surface area contributed by atoms with Crippen LogP contribution in [0.2, 0.25) is 0 Å². The van der Waals surface area contributed by atoms with Crippen LogP contribution in [-0.4, -0.2) is 23.0 Å². The van der Waals surface area contributed by atoms with Crippen LogP contribution in [0.5, 0.6) is 11.5 Å². The molecular weight excluding hydrogens is 268 g/mol. The molecule has 0 radical (unpaired) electrons. The fourth-order valence-corrected chi connectivity index (χ4v) is 1.93. The van der Waals surface area contributed by atoms with Crippen molar-refractivity contribution in [1.29, 1.82) is 0 Å². The number of benzene rings is 1. The van der Waals surface area contributed by atoms with Gasteiger partial charge in [-0.25, -0.2) is 0 Å². The fraction of sp³-hybridized carbons (Fsp3) is 0.250. The molecule has 1 aromatic carbocycles. The highest BCUT2D eigenvalue weighted by Gasteiger charge is 2.10. The lowest BCUT2D eigenvalue weighted by Crippen LogP contribution is -2.04. The highest BCUT2D eigenvalue weighted by molar-refractivity contribution is 6.00. The molecule has 5 nitrogen and oxygen atoms in total. The van der Waals surface area contributed by atoms with E-state index in [1.54, 1.807) is 32.2 Å². The predicted molar refractivity (Wildman–Crippen MR) is 80.3 cm³/mol. The normalized spacial score (nSPS) is 11.3. The predicted octanol–water partition coefficient (Wildman–Crippen LogP) is 3.18. The summed E-state index contributed by atoms with van der Waals surface area (Å²) in [6.45, 7) is 3.98. The summed E-state index contributed by atoms with van der Waals surface area (Å²) in [6.07, 6.45) is 0. The number of rotatable bonds is 5. The first-order chi connectivity index (χ1) is 10.1. The van der Waals surface area contributed by atoms with E-state index >= 15 is 0 Å². The quantitative estimate of drug-likeness (QED) is 0.521. The topological polar surface area (TPSA) is 63.9 Å². The van der Waals surface area contributed by atoms with Gasteiger partial charge in [0.05, 0.1) is 18.5 Å². The van der Waals surface area contributed by atoms with E-state index in [9.17, 15) is 0 Å². The lowest BCUT2D eigenvalue weighted by Gasteiger charge is -2.12. The minimum atomic E-state index is 0.334. The van der Waals surface area contributed by atoms with Crippen molar-refractivity contribution in [1.82, 2.24) is 4.98 Å². The monoisotopic (exact) mass is 286 g/mol. The average Bonchev–Trinajstić information content (AvgIpc) is 2.52. The maximum atomic E-state index is 8.95. The number of nitrogens with zero attached hydrogens (tertiary/aromatic N) is 2. The van der Waals surface area contributed by atoms with Crippen LogP contribution in [0, 0.1) is 6.92 Å². The molecule has 0 aliphatic rings. The summed E-state index contributed by atoms with van der Waals surface area (Å²) < 4.78 is 11.0. The van der Waals surface area contributed by atoms with Gasteiger partial charge in [-0.15, -0.1) is 0 Å². The minimum absolute atomic E-state index is 0.334. The molecule has 0 aliphatic heterocycles. The van der Waals surface area contributed by atoms with E-state index in [0.717, 1.165) is 11.4 Å². The number of aromatic nitrogens is 1. The average molecular weight is 286 g/mol. The van der Waals surface area contributed by atoms with Crippen LogP contribution in [0.3, 0.4) is 0 Å². The highest BCUT2D eigenvalue weighted by atomic mass is 16.5. The SMILES string of the molecule is COc1ccc(/C(C)=N/O)c(OCc2cccc(C)n2)c1. The van der Waals surface area contributed by atoms with E-state index in [0.29, 0.717) is 29.4 Å². The first-order valence-electron chi connectivity index (χ1n) is 6.56. The van der Waals surface area contributed by atoms with Crippen molar-refractivity contribution in [3.63, 3.8) is 0 Å². The van der Waals surface area contributed by atoms with Gasteiger partial charge in [-0.3, -0.25) is 4.98 Å². The van der Waals surface area contributed by atoms with Crippen LogP contribution in [0.25, 0.3) is 0 Å². The number of aryl methyl sites for hydroxylation is 1. The van der Waals surface area contributed by atoms with Gasteiger partial charge in [-0.1, -0.05) is 11.2 Å². The van der Waals surface area contributed by atoms with Crippen molar-refractivity contribution in [2.24, 2.45) is 5.16 Å². The van der Waals surface area contributed by atoms with E-state index in [4.69, 9.17) is 14.7 Å². The molecule has 0 unspecified atom stereocenters. The van der Waals surface area contributed by atoms with Gasteiger partial charge in [-0.2, -0.15) is 0 Å². The number of hydrogen-bond donors (Lipinski definition) is 1. The zero-order valence-electron chi connectivity index (χ0n) is 12.3. The number of pyridine rings is 1. The first-order valence-corrected chi connectivity index (χ1v) is 6.56. The first kappa shape index (κ1) is 14.8. The zero-order valence-corrected chi connectivity index (χ0v) is 12.3. The third-order valence-corrected chi connectivity index (χ3v) is 3.05. The van der Waals surface area contributed by atoms with Crippen LogP contribution in [-0.2, 0) is 6.61 Å². The Hall–Kier alpha value is -2.56. The summed E-state index contributed by atoms with van der Waals surface area (Å²) in [5, 5.41) is 12.2. The van der Waals surface area contributed by atoms with Gasteiger partial charge < -0.3 is 14.7 Å². The summed E-state index contributed by atoms with van der Waals surface area (Å²) in [5.74, 6) is 1.27. The maximum absolute atomic E-state index is 8.95. The summed E-state index contributed by atoms with van der Waals surface area (Å²) in [5.41, 5.74) is 2.97. The van der Waals surface area contributed by atoms with Gasteiger partial charge >= 0.3 is 0 Å². The Kier molecular flexibility index (Phi) is 4.77. The second-order valence-corrected chi connectivity index (χ2v) is 4.61. The molecule has 0 amide bonds. The zero-order chi connectivity index (χ0) is 15.2. The van der Waals surface area contributed by atoms with Gasteiger partial charge in [0.25, 0.3) is 0 Å². The second-order valence-electron chi connectivity index (χ2n) is 4.61. The number of hydrogen-bond acceptors (Lipinski definition) is 5.